The number of hydrogen-bond acceptors (Lipinski definition) is 5. The lowest BCUT2D eigenvalue weighted by molar-refractivity contribution is -0.136. The molecule has 2 fully saturated rings. The van der Waals surface area contributed by atoms with Crippen molar-refractivity contribution < 1.29 is 14.3 Å². The highest BCUT2D eigenvalue weighted by molar-refractivity contribution is 5.79. The fourth-order valence-electron chi connectivity index (χ4n) is 3.14. The Bertz CT molecular complexity index is 442. The second kappa shape index (κ2) is 8.27. The van der Waals surface area contributed by atoms with Crippen molar-refractivity contribution in [2.75, 3.05) is 59.0 Å². The Morgan fingerprint density at radius 3 is 2.29 bits per heavy atom. The van der Waals surface area contributed by atoms with E-state index in [0.29, 0.717) is 32.8 Å². The molecule has 2 heterocycles. The molecule has 7 nitrogen and oxygen atoms in total. The van der Waals surface area contributed by atoms with E-state index >= 15 is 0 Å². The van der Waals surface area contributed by atoms with Gasteiger partial charge in [-0.25, -0.2) is 0 Å². The molecule has 2 saturated heterocycles. The molecule has 1 unspecified atom stereocenters. The Labute approximate surface area is 145 Å². The van der Waals surface area contributed by atoms with Gasteiger partial charge in [-0.3, -0.25) is 19.4 Å². The minimum absolute atomic E-state index is 0.0459. The number of morpholine rings is 1. The lowest BCUT2D eigenvalue weighted by atomic mass is 10.1. The van der Waals surface area contributed by atoms with Crippen LogP contribution < -0.4 is 5.32 Å². The van der Waals surface area contributed by atoms with Crippen molar-refractivity contribution in [3.05, 3.63) is 0 Å². The van der Waals surface area contributed by atoms with E-state index in [0.717, 1.165) is 26.2 Å². The lowest BCUT2D eigenvalue weighted by Gasteiger charge is -2.37. The Hall–Kier alpha value is -1.18. The summed E-state index contributed by atoms with van der Waals surface area (Å²) in [6.45, 7) is 14.1. The molecule has 0 saturated carbocycles. The number of rotatable bonds is 4. The Balaban J connectivity index is 1.70. The van der Waals surface area contributed by atoms with Crippen molar-refractivity contribution in [1.29, 1.82) is 0 Å². The van der Waals surface area contributed by atoms with Gasteiger partial charge in [-0.15, -0.1) is 0 Å². The van der Waals surface area contributed by atoms with Gasteiger partial charge in [0.2, 0.25) is 11.8 Å². The first-order chi connectivity index (χ1) is 11.2. The van der Waals surface area contributed by atoms with E-state index in [9.17, 15) is 9.59 Å². The lowest BCUT2D eigenvalue weighted by Crippen LogP contribution is -2.55. The first kappa shape index (κ1) is 19.1. The molecule has 7 heteroatoms. The van der Waals surface area contributed by atoms with Crippen LogP contribution >= 0.6 is 0 Å². The number of nitrogens with zero attached hydrogens (tertiary/aromatic N) is 3. The standard InChI is InChI=1S/C17H32N4O3/c1-14-11-20(9-10-24-14)13-16(23)21-7-5-19(6-8-21)12-15(22)18-17(2,3)4/h14H,5-13H2,1-4H3,(H,18,22). The average molecular weight is 340 g/mol. The summed E-state index contributed by atoms with van der Waals surface area (Å²) in [6, 6.07) is 0. The number of carbonyl (C=O) groups is 2. The van der Waals surface area contributed by atoms with Gasteiger partial charge in [0.1, 0.15) is 0 Å². The van der Waals surface area contributed by atoms with E-state index in [1.807, 2.05) is 32.6 Å². The molecule has 0 aliphatic carbocycles. The summed E-state index contributed by atoms with van der Waals surface area (Å²) in [5.74, 6) is 0.229. The number of piperazine rings is 1. The van der Waals surface area contributed by atoms with Gasteiger partial charge in [0.15, 0.2) is 0 Å². The molecular formula is C17H32N4O3. The van der Waals surface area contributed by atoms with E-state index in [1.165, 1.54) is 0 Å². The smallest absolute Gasteiger partial charge is 0.236 e. The number of nitrogens with one attached hydrogen (secondary N) is 1. The van der Waals surface area contributed by atoms with Crippen LogP contribution in [0.4, 0.5) is 0 Å². The zero-order valence-electron chi connectivity index (χ0n) is 15.5. The summed E-state index contributed by atoms with van der Waals surface area (Å²) in [6.07, 6.45) is 0.199. The van der Waals surface area contributed by atoms with Gasteiger partial charge < -0.3 is 15.0 Å². The molecule has 0 bridgehead atoms. The zero-order valence-corrected chi connectivity index (χ0v) is 15.5. The van der Waals surface area contributed by atoms with Crippen molar-refractivity contribution in [2.45, 2.75) is 39.3 Å². The van der Waals surface area contributed by atoms with Crippen molar-refractivity contribution in [3.63, 3.8) is 0 Å². The zero-order chi connectivity index (χ0) is 17.7. The molecule has 0 aromatic rings. The van der Waals surface area contributed by atoms with E-state index in [-0.39, 0.29) is 23.5 Å². The SMILES string of the molecule is CC1CN(CC(=O)N2CCN(CC(=O)NC(C)(C)C)CC2)CCO1. The van der Waals surface area contributed by atoms with Gasteiger partial charge in [-0.1, -0.05) is 0 Å². The molecule has 0 aromatic heterocycles. The largest absolute Gasteiger partial charge is 0.376 e. The molecule has 2 aliphatic heterocycles. The Morgan fingerprint density at radius 1 is 1.04 bits per heavy atom. The van der Waals surface area contributed by atoms with Crippen molar-refractivity contribution in [1.82, 2.24) is 20.0 Å². The third kappa shape index (κ3) is 6.37. The summed E-state index contributed by atoms with van der Waals surface area (Å²) >= 11 is 0. The van der Waals surface area contributed by atoms with Crippen LogP contribution in [0.15, 0.2) is 0 Å². The van der Waals surface area contributed by atoms with Crippen LogP contribution in [0.1, 0.15) is 27.7 Å². The summed E-state index contributed by atoms with van der Waals surface area (Å²) in [7, 11) is 0. The van der Waals surface area contributed by atoms with Crippen LogP contribution in [0.5, 0.6) is 0 Å². The van der Waals surface area contributed by atoms with Gasteiger partial charge in [0.05, 0.1) is 25.8 Å². The van der Waals surface area contributed by atoms with Crippen LogP contribution in [0.25, 0.3) is 0 Å². The molecule has 2 amide bonds. The minimum atomic E-state index is -0.204. The molecule has 0 radical (unpaired) electrons. The van der Waals surface area contributed by atoms with E-state index < -0.39 is 0 Å². The predicted octanol–water partition coefficient (Wildman–Crippen LogP) is -0.234. The van der Waals surface area contributed by atoms with E-state index in [4.69, 9.17) is 4.74 Å². The quantitative estimate of drug-likeness (QED) is 0.766. The highest BCUT2D eigenvalue weighted by atomic mass is 16.5. The number of carbonyl (C=O) groups excluding carboxylic acids is 2. The molecule has 24 heavy (non-hydrogen) atoms. The monoisotopic (exact) mass is 340 g/mol. The molecule has 0 spiro atoms. The Morgan fingerprint density at radius 2 is 1.71 bits per heavy atom. The number of ether oxygens (including phenoxy) is 1. The molecule has 1 N–H and O–H groups in total. The maximum absolute atomic E-state index is 12.4. The molecule has 1 atom stereocenters. The van der Waals surface area contributed by atoms with Crippen LogP contribution in [-0.2, 0) is 14.3 Å². The molecular weight excluding hydrogens is 308 g/mol. The van der Waals surface area contributed by atoms with Gasteiger partial charge in [0.25, 0.3) is 0 Å². The Kier molecular flexibility index (Phi) is 6.60. The minimum Gasteiger partial charge on any atom is -0.376 e. The first-order valence-corrected chi connectivity index (χ1v) is 8.88. The third-order valence-corrected chi connectivity index (χ3v) is 4.29. The number of amides is 2. The van der Waals surface area contributed by atoms with E-state index in [2.05, 4.69) is 15.1 Å². The van der Waals surface area contributed by atoms with Gasteiger partial charge in [-0.05, 0) is 27.7 Å². The molecule has 2 rings (SSSR count). The van der Waals surface area contributed by atoms with Gasteiger partial charge >= 0.3 is 0 Å². The van der Waals surface area contributed by atoms with Crippen LogP contribution in [0.2, 0.25) is 0 Å². The second-order valence-electron chi connectivity index (χ2n) is 7.87. The van der Waals surface area contributed by atoms with Crippen molar-refractivity contribution >= 4 is 11.8 Å². The molecule has 138 valence electrons. The topological polar surface area (TPSA) is 65.1 Å². The normalized spacial score (nSPS) is 24.0. The highest BCUT2D eigenvalue weighted by Gasteiger charge is 2.26. The van der Waals surface area contributed by atoms with Crippen LogP contribution in [0.3, 0.4) is 0 Å². The van der Waals surface area contributed by atoms with Crippen molar-refractivity contribution in [3.8, 4) is 0 Å². The molecule has 2 aliphatic rings. The fraction of sp³-hybridized carbons (Fsp3) is 0.882. The van der Waals surface area contributed by atoms with Crippen LogP contribution in [-0.4, -0.2) is 97.1 Å². The first-order valence-electron chi connectivity index (χ1n) is 8.88. The van der Waals surface area contributed by atoms with Gasteiger partial charge in [0, 0.05) is 44.8 Å². The fourth-order valence-corrected chi connectivity index (χ4v) is 3.14. The maximum atomic E-state index is 12.4. The van der Waals surface area contributed by atoms with Crippen LogP contribution in [0, 0.1) is 0 Å². The second-order valence-corrected chi connectivity index (χ2v) is 7.87. The van der Waals surface area contributed by atoms with Gasteiger partial charge in [-0.2, -0.15) is 0 Å². The third-order valence-electron chi connectivity index (χ3n) is 4.29. The summed E-state index contributed by atoms with van der Waals surface area (Å²) in [5.41, 5.74) is -0.204. The molecule has 0 aromatic carbocycles. The number of hydrogen-bond donors (Lipinski definition) is 1. The summed E-state index contributed by atoms with van der Waals surface area (Å²) < 4.78 is 5.51. The highest BCUT2D eigenvalue weighted by Crippen LogP contribution is 2.07. The summed E-state index contributed by atoms with van der Waals surface area (Å²) in [5, 5.41) is 2.98. The predicted molar refractivity (Wildman–Crippen MR) is 92.8 cm³/mol. The maximum Gasteiger partial charge on any atom is 0.236 e. The summed E-state index contributed by atoms with van der Waals surface area (Å²) in [4.78, 5) is 30.6. The van der Waals surface area contributed by atoms with E-state index in [1.54, 1.807) is 0 Å². The van der Waals surface area contributed by atoms with Crippen molar-refractivity contribution in [2.24, 2.45) is 0 Å². The average Bonchev–Trinajstić information content (AvgIpc) is 2.45.